The second-order valence-electron chi connectivity index (χ2n) is 16.4. The molecule has 0 saturated carbocycles. The zero-order valence-electron chi connectivity index (χ0n) is 31.6. The van der Waals surface area contributed by atoms with Gasteiger partial charge >= 0.3 is 305 Å². The van der Waals surface area contributed by atoms with E-state index in [0.29, 0.717) is 3.63 Å². The minimum absolute atomic E-state index is 0. The van der Waals surface area contributed by atoms with Crippen molar-refractivity contribution in [2.75, 3.05) is 0 Å². The van der Waals surface area contributed by atoms with Crippen molar-refractivity contribution in [2.24, 2.45) is 0 Å². The number of rotatable bonds is 5. The third-order valence-electron chi connectivity index (χ3n) is 10.6. The van der Waals surface area contributed by atoms with Crippen LogP contribution in [-0.2, 0) is 32.1 Å². The monoisotopic (exact) mass is 786 g/mol. The van der Waals surface area contributed by atoms with Gasteiger partial charge in [0.2, 0.25) is 0 Å². The van der Waals surface area contributed by atoms with Gasteiger partial charge in [-0.2, -0.15) is 0 Å². The number of aryl methyl sites for hydroxylation is 3. The topological polar surface area (TPSA) is 0 Å². The first-order chi connectivity index (χ1) is 23.3. The number of halogens is 2. The number of fused-ring (bicyclic) bond motifs is 3. The molecule has 0 aliphatic heterocycles. The second-order valence-corrected chi connectivity index (χ2v) is 22.3. The summed E-state index contributed by atoms with van der Waals surface area (Å²) in [6, 6.07) is 37.7. The van der Waals surface area contributed by atoms with Crippen LogP contribution in [0.15, 0.2) is 119 Å². The molecule has 260 valence electrons. The van der Waals surface area contributed by atoms with Gasteiger partial charge in [0.15, 0.2) is 0 Å². The third-order valence-corrected chi connectivity index (χ3v) is 18.0. The quantitative estimate of drug-likeness (QED) is 0.181. The maximum atomic E-state index is 2.75. The molecule has 0 radical (unpaired) electrons. The molecule has 7 rings (SSSR count). The third kappa shape index (κ3) is 7.56. The fourth-order valence-corrected chi connectivity index (χ4v) is 15.5. The summed E-state index contributed by atoms with van der Waals surface area (Å²) in [4.78, 5) is 0. The molecule has 3 heteroatoms. The first kappa shape index (κ1) is 39.1. The van der Waals surface area contributed by atoms with E-state index in [1.54, 1.807) is 3.28 Å². The molecule has 0 aromatic heterocycles. The summed E-state index contributed by atoms with van der Waals surface area (Å²) in [5, 5.41) is 0. The fourth-order valence-electron chi connectivity index (χ4n) is 7.98. The Morgan fingerprint density at radius 1 is 0.569 bits per heavy atom. The molecule has 0 bridgehead atoms. The Morgan fingerprint density at radius 2 is 1.04 bits per heavy atom. The first-order valence-corrected chi connectivity index (χ1v) is 22.0. The molecule has 5 aromatic rings. The number of hydrogen-bond acceptors (Lipinski definition) is 0. The van der Waals surface area contributed by atoms with Gasteiger partial charge in [0, 0.05) is 0 Å². The molecule has 51 heavy (non-hydrogen) atoms. The van der Waals surface area contributed by atoms with Gasteiger partial charge in [-0.15, -0.1) is 0 Å². The maximum absolute atomic E-state index is 2.75. The van der Waals surface area contributed by atoms with E-state index >= 15 is 0 Å². The van der Waals surface area contributed by atoms with Crippen LogP contribution in [0.5, 0.6) is 0 Å². The Labute approximate surface area is 327 Å². The number of benzene rings is 5. The molecular formula is C48H50Cl2Zr. The van der Waals surface area contributed by atoms with E-state index in [1.165, 1.54) is 77.9 Å². The van der Waals surface area contributed by atoms with Crippen molar-refractivity contribution in [3.63, 3.8) is 0 Å². The van der Waals surface area contributed by atoms with Gasteiger partial charge in [0.25, 0.3) is 0 Å². The smallest absolute Gasteiger partial charge is 1.00 e. The molecule has 2 aliphatic carbocycles. The molecule has 0 amide bonds. The van der Waals surface area contributed by atoms with Crippen molar-refractivity contribution in [2.45, 2.75) is 83.2 Å². The van der Waals surface area contributed by atoms with Crippen molar-refractivity contribution in [1.29, 1.82) is 0 Å². The molecule has 0 heterocycles. The average molecular weight is 789 g/mol. The molecule has 0 N–H and O–H groups in total. The predicted molar refractivity (Wildman–Crippen MR) is 210 cm³/mol. The summed E-state index contributed by atoms with van der Waals surface area (Å²) in [7, 11) is 0. The van der Waals surface area contributed by atoms with Crippen molar-refractivity contribution >= 4 is 3.71 Å². The molecule has 0 atom stereocenters. The van der Waals surface area contributed by atoms with Gasteiger partial charge in [0.1, 0.15) is 0 Å². The molecule has 0 unspecified atom stereocenters. The van der Waals surface area contributed by atoms with Crippen molar-refractivity contribution < 1.29 is 46.1 Å². The largest absolute Gasteiger partial charge is 1.00 e. The molecule has 0 nitrogen and oxygen atoms in total. The van der Waals surface area contributed by atoms with Gasteiger partial charge < -0.3 is 24.8 Å². The first-order valence-electron chi connectivity index (χ1n) is 17.9. The van der Waals surface area contributed by atoms with Crippen molar-refractivity contribution in [1.82, 2.24) is 0 Å². The van der Waals surface area contributed by atoms with Gasteiger partial charge in [-0.1, -0.05) is 0 Å². The van der Waals surface area contributed by atoms with Crippen LogP contribution in [0.1, 0.15) is 96.1 Å². The minimum atomic E-state index is -2.57. The Morgan fingerprint density at radius 3 is 1.45 bits per heavy atom. The van der Waals surface area contributed by atoms with Crippen molar-refractivity contribution in [3.8, 4) is 33.4 Å². The summed E-state index contributed by atoms with van der Waals surface area (Å²) in [6.45, 7) is 21.0. The van der Waals surface area contributed by atoms with E-state index in [2.05, 4.69) is 181 Å². The van der Waals surface area contributed by atoms with Gasteiger partial charge in [-0.3, -0.25) is 0 Å². The SMILES string of the molecule is Cc1ccc(/[CH]=[Zr+2](\[C]2=CC=CC2)[CH]2c3cc(-c4ccccc4C)c(C(C)(C)C)cc3-c3cc(C(C)(C)C)c(-c4ccccc4C)cc32)cc1.[Cl-].[Cl-]. The van der Waals surface area contributed by atoms with E-state index in [0.717, 1.165) is 6.42 Å². The van der Waals surface area contributed by atoms with Crippen LogP contribution in [0.25, 0.3) is 33.4 Å². The average Bonchev–Trinajstić information content (AvgIpc) is 3.70. The summed E-state index contributed by atoms with van der Waals surface area (Å²) >= 11 is -2.57. The standard InChI is InChI=1S/C35H37.C8H8.C5H5.2ClH.Zr/c1-22-13-9-11-15-26(22)30-18-24-17-25-19-31(27-16-12-10-14-23(27)2)33(35(6,7)8)21-29(25)28(24)20-32(30)34(3,4)5;1-7-3-5-8(2)6-4-7;1-2-4-5-3-1;;;/h9-21H,1-8H3;1,3-6H,2H3;1-3H,4H2;2*1H;/q;;;;;+2/p-2. The van der Waals surface area contributed by atoms with Crippen LogP contribution >= 0.6 is 0 Å². The number of allylic oxidation sites excluding steroid dienone is 4. The van der Waals surface area contributed by atoms with E-state index in [-0.39, 0.29) is 35.6 Å². The second kappa shape index (κ2) is 15.1. The number of hydrogen-bond donors (Lipinski definition) is 0. The van der Waals surface area contributed by atoms with Crippen LogP contribution in [0.3, 0.4) is 0 Å². The van der Waals surface area contributed by atoms with Crippen LogP contribution in [0, 0.1) is 20.8 Å². The Hall–Kier alpha value is -3.09. The van der Waals surface area contributed by atoms with E-state index in [4.69, 9.17) is 0 Å². The van der Waals surface area contributed by atoms with E-state index in [9.17, 15) is 0 Å². The van der Waals surface area contributed by atoms with Crippen LogP contribution in [0.4, 0.5) is 0 Å². The molecule has 2 aliphatic rings. The normalized spacial score (nSPS) is 13.7. The van der Waals surface area contributed by atoms with Crippen LogP contribution < -0.4 is 24.8 Å². The van der Waals surface area contributed by atoms with Crippen molar-refractivity contribution in [3.05, 3.63) is 163 Å². The van der Waals surface area contributed by atoms with E-state index in [1.807, 2.05) is 0 Å². The summed E-state index contributed by atoms with van der Waals surface area (Å²) in [5.74, 6) is 0. The molecule has 0 saturated heterocycles. The zero-order chi connectivity index (χ0) is 34.7. The van der Waals surface area contributed by atoms with Gasteiger partial charge in [-0.05, 0) is 0 Å². The maximum Gasteiger partial charge on any atom is -1.00 e. The Bertz CT molecular complexity index is 2070. The summed E-state index contributed by atoms with van der Waals surface area (Å²) in [5.41, 5.74) is 19.7. The predicted octanol–water partition coefficient (Wildman–Crippen LogP) is 6.93. The Balaban J connectivity index is 0.00000252. The molecule has 0 fully saturated rings. The molecular weight excluding hydrogens is 739 g/mol. The zero-order valence-corrected chi connectivity index (χ0v) is 35.6. The van der Waals surface area contributed by atoms with Gasteiger partial charge in [0.05, 0.1) is 0 Å². The molecule has 5 aromatic carbocycles. The fraction of sp³-hybridized carbons (Fsp3) is 0.271. The van der Waals surface area contributed by atoms with Crippen LogP contribution in [0.2, 0.25) is 0 Å². The Kier molecular flexibility index (Phi) is 11.6. The molecule has 0 spiro atoms. The summed E-state index contributed by atoms with van der Waals surface area (Å²) < 4.78 is 4.81. The van der Waals surface area contributed by atoms with Crippen LogP contribution in [-0.4, -0.2) is 3.71 Å². The van der Waals surface area contributed by atoms with E-state index < -0.39 is 21.3 Å². The van der Waals surface area contributed by atoms with Gasteiger partial charge in [-0.25, -0.2) is 0 Å². The minimum Gasteiger partial charge on any atom is -1.00 e. The summed E-state index contributed by atoms with van der Waals surface area (Å²) in [6.07, 6.45) is 8.22.